The zero-order chi connectivity index (χ0) is 24.1. The topological polar surface area (TPSA) is 36.8 Å². The van der Waals surface area contributed by atoms with Crippen molar-refractivity contribution in [1.29, 1.82) is 0 Å². The molecule has 2 aromatic carbocycles. The summed E-state index contributed by atoms with van der Waals surface area (Å²) in [5, 5.41) is 5.17. The van der Waals surface area contributed by atoms with Crippen molar-refractivity contribution >= 4 is 5.82 Å². The highest BCUT2D eigenvalue weighted by atomic mass is 16.5. The molecule has 0 atom stereocenters. The van der Waals surface area contributed by atoms with Crippen molar-refractivity contribution < 1.29 is 4.74 Å². The fraction of sp³-hybridized carbons (Fsp3) is 0.464. The smallest absolute Gasteiger partial charge is 0.137 e. The molecule has 1 aliphatic heterocycles. The normalized spacial score (nSPS) is 14.7. The number of methoxy groups -OCH3 is 1. The second-order valence-corrected chi connectivity index (χ2v) is 9.26. The highest BCUT2D eigenvalue weighted by Gasteiger charge is 2.26. The van der Waals surface area contributed by atoms with Gasteiger partial charge in [-0.2, -0.15) is 5.10 Å². The Bertz CT molecular complexity index is 1080. The number of anilines is 1. The van der Waals surface area contributed by atoms with Gasteiger partial charge in [-0.15, -0.1) is 0 Å². The van der Waals surface area contributed by atoms with E-state index in [1.54, 1.807) is 7.11 Å². The first-order chi connectivity index (χ1) is 16.5. The molecular formula is C28H39N5O. The van der Waals surface area contributed by atoms with Gasteiger partial charge in [0, 0.05) is 50.4 Å². The first kappa shape index (κ1) is 24.3. The zero-order valence-electron chi connectivity index (χ0n) is 21.4. The molecule has 4 rings (SSSR count). The predicted octanol–water partition coefficient (Wildman–Crippen LogP) is 4.53. The van der Waals surface area contributed by atoms with Gasteiger partial charge in [-0.1, -0.05) is 44.2 Å². The van der Waals surface area contributed by atoms with Crippen molar-refractivity contribution in [1.82, 2.24) is 19.6 Å². The maximum atomic E-state index is 5.63. The number of nitrogens with zero attached hydrogens (tertiary/aromatic N) is 5. The van der Waals surface area contributed by atoms with E-state index in [2.05, 4.69) is 83.6 Å². The quantitative estimate of drug-likeness (QED) is 0.468. The van der Waals surface area contributed by atoms with Gasteiger partial charge in [0.2, 0.25) is 0 Å². The van der Waals surface area contributed by atoms with Crippen molar-refractivity contribution in [3.8, 4) is 11.4 Å². The van der Waals surface area contributed by atoms with Crippen LogP contribution in [0, 0.1) is 6.92 Å². The summed E-state index contributed by atoms with van der Waals surface area (Å²) in [6.07, 6.45) is 0.918. The third kappa shape index (κ3) is 5.29. The number of piperazine rings is 1. The number of aryl methyl sites for hydroxylation is 2. The van der Waals surface area contributed by atoms with E-state index >= 15 is 0 Å². The molecule has 1 saturated heterocycles. The molecule has 0 spiro atoms. The number of likely N-dealkylation sites (N-methyl/N-ethyl adjacent to an activating group) is 1. The summed E-state index contributed by atoms with van der Waals surface area (Å²) in [5.41, 5.74) is 6.15. The summed E-state index contributed by atoms with van der Waals surface area (Å²) in [7, 11) is 3.96. The maximum Gasteiger partial charge on any atom is 0.137 e. The molecule has 34 heavy (non-hydrogen) atoms. The molecule has 2 heterocycles. The Morgan fingerprint density at radius 1 is 0.971 bits per heavy atom. The molecule has 6 heteroatoms. The van der Waals surface area contributed by atoms with Crippen LogP contribution in [0.3, 0.4) is 0 Å². The first-order valence-corrected chi connectivity index (χ1v) is 12.5. The molecule has 1 aromatic heterocycles. The Kier molecular flexibility index (Phi) is 7.91. The van der Waals surface area contributed by atoms with E-state index in [-0.39, 0.29) is 0 Å². The Balaban J connectivity index is 1.74. The van der Waals surface area contributed by atoms with Gasteiger partial charge in [0.25, 0.3) is 0 Å². The molecule has 0 unspecified atom stereocenters. The summed E-state index contributed by atoms with van der Waals surface area (Å²) >= 11 is 0. The summed E-state index contributed by atoms with van der Waals surface area (Å²) in [6, 6.07) is 17.0. The molecule has 0 radical (unpaired) electrons. The molecule has 1 aliphatic rings. The minimum atomic E-state index is 0.849. The lowest BCUT2D eigenvalue weighted by Crippen LogP contribution is -2.45. The highest BCUT2D eigenvalue weighted by molar-refractivity contribution is 5.56. The van der Waals surface area contributed by atoms with Crippen molar-refractivity contribution in [2.45, 2.75) is 40.3 Å². The van der Waals surface area contributed by atoms with Gasteiger partial charge in [-0.3, -0.25) is 4.90 Å². The SMILES string of the molecule is CCc1nn(-c2cccc(C)c2)c(N2CCN(C)CC2)c1CN(CC)Cc1ccccc1OC. The van der Waals surface area contributed by atoms with Crippen molar-refractivity contribution in [2.24, 2.45) is 0 Å². The third-order valence-electron chi connectivity index (χ3n) is 6.84. The molecule has 1 fully saturated rings. The number of benzene rings is 2. The fourth-order valence-electron chi connectivity index (χ4n) is 4.79. The summed E-state index contributed by atoms with van der Waals surface area (Å²) < 4.78 is 7.83. The average molecular weight is 462 g/mol. The second kappa shape index (κ2) is 11.1. The van der Waals surface area contributed by atoms with Crippen LogP contribution in [0.1, 0.15) is 36.2 Å². The molecule has 0 bridgehead atoms. The molecule has 6 nitrogen and oxygen atoms in total. The standard InChI is InChI=1S/C28H39N5O/c1-6-26-25(21-31(7-2)20-23-12-8-9-14-27(23)34-5)28(32-17-15-30(4)16-18-32)33(29-26)24-13-10-11-22(3)19-24/h8-14,19H,6-7,15-18,20-21H2,1-5H3. The van der Waals surface area contributed by atoms with Gasteiger partial charge in [0.05, 0.1) is 18.5 Å². The van der Waals surface area contributed by atoms with E-state index in [1.165, 1.54) is 28.2 Å². The van der Waals surface area contributed by atoms with Crippen LogP contribution in [-0.4, -0.2) is 66.5 Å². The summed E-state index contributed by atoms with van der Waals surface area (Å²) in [5.74, 6) is 2.21. The van der Waals surface area contributed by atoms with Crippen LogP contribution in [-0.2, 0) is 19.5 Å². The number of aromatic nitrogens is 2. The summed E-state index contributed by atoms with van der Waals surface area (Å²) in [4.78, 5) is 7.44. The molecule has 3 aromatic rings. The lowest BCUT2D eigenvalue weighted by molar-refractivity contribution is 0.265. The van der Waals surface area contributed by atoms with E-state index < -0.39 is 0 Å². The number of para-hydroxylation sites is 1. The van der Waals surface area contributed by atoms with Crippen molar-refractivity contribution in [3.63, 3.8) is 0 Å². The summed E-state index contributed by atoms with van der Waals surface area (Å²) in [6.45, 7) is 13.4. The first-order valence-electron chi connectivity index (χ1n) is 12.5. The third-order valence-corrected chi connectivity index (χ3v) is 6.84. The Labute approximate surface area is 204 Å². The van der Waals surface area contributed by atoms with E-state index in [1.807, 2.05) is 12.1 Å². The minimum Gasteiger partial charge on any atom is -0.496 e. The molecular weight excluding hydrogens is 422 g/mol. The number of ether oxygens (including phenoxy) is 1. The molecule has 0 amide bonds. The maximum absolute atomic E-state index is 5.63. The van der Waals surface area contributed by atoms with Gasteiger partial charge in [0.1, 0.15) is 11.6 Å². The van der Waals surface area contributed by atoms with E-state index in [9.17, 15) is 0 Å². The van der Waals surface area contributed by atoms with E-state index in [0.29, 0.717) is 0 Å². The minimum absolute atomic E-state index is 0.849. The van der Waals surface area contributed by atoms with Crippen LogP contribution in [0.15, 0.2) is 48.5 Å². The van der Waals surface area contributed by atoms with Gasteiger partial charge in [-0.05, 0) is 50.7 Å². The van der Waals surface area contributed by atoms with Crippen LogP contribution in [0.2, 0.25) is 0 Å². The van der Waals surface area contributed by atoms with Gasteiger partial charge >= 0.3 is 0 Å². The molecule has 0 N–H and O–H groups in total. The predicted molar refractivity (Wildman–Crippen MR) is 140 cm³/mol. The number of hydrogen-bond acceptors (Lipinski definition) is 5. The Hall–Kier alpha value is -2.83. The Morgan fingerprint density at radius 3 is 2.41 bits per heavy atom. The van der Waals surface area contributed by atoms with Crippen LogP contribution in [0.4, 0.5) is 5.82 Å². The van der Waals surface area contributed by atoms with Crippen molar-refractivity contribution in [2.75, 3.05) is 51.8 Å². The Morgan fingerprint density at radius 2 is 1.74 bits per heavy atom. The lowest BCUT2D eigenvalue weighted by Gasteiger charge is -2.35. The average Bonchev–Trinajstić information content (AvgIpc) is 3.22. The van der Waals surface area contributed by atoms with Crippen LogP contribution in [0.5, 0.6) is 5.75 Å². The number of hydrogen-bond donors (Lipinski definition) is 0. The molecule has 0 aliphatic carbocycles. The van der Waals surface area contributed by atoms with Crippen LogP contribution in [0.25, 0.3) is 5.69 Å². The molecule has 182 valence electrons. The number of rotatable bonds is 9. The van der Waals surface area contributed by atoms with Crippen LogP contribution >= 0.6 is 0 Å². The van der Waals surface area contributed by atoms with Gasteiger partial charge < -0.3 is 14.5 Å². The monoisotopic (exact) mass is 461 g/mol. The van der Waals surface area contributed by atoms with Gasteiger partial charge in [-0.25, -0.2) is 4.68 Å². The van der Waals surface area contributed by atoms with E-state index in [4.69, 9.17) is 9.84 Å². The van der Waals surface area contributed by atoms with Crippen molar-refractivity contribution in [3.05, 3.63) is 70.9 Å². The van der Waals surface area contributed by atoms with Crippen LogP contribution < -0.4 is 9.64 Å². The van der Waals surface area contributed by atoms with Gasteiger partial charge in [0.15, 0.2) is 0 Å². The largest absolute Gasteiger partial charge is 0.496 e. The fourth-order valence-corrected chi connectivity index (χ4v) is 4.79. The van der Waals surface area contributed by atoms with E-state index in [0.717, 1.165) is 63.7 Å². The zero-order valence-corrected chi connectivity index (χ0v) is 21.4. The second-order valence-electron chi connectivity index (χ2n) is 9.26. The molecule has 0 saturated carbocycles. The highest BCUT2D eigenvalue weighted by Crippen LogP contribution is 2.31. The lowest BCUT2D eigenvalue weighted by atomic mass is 10.1.